The Hall–Kier alpha value is -1.20. The van der Waals surface area contributed by atoms with Crippen LogP contribution in [0, 0.1) is 11.8 Å². The summed E-state index contributed by atoms with van der Waals surface area (Å²) in [7, 11) is 0. The molecule has 0 saturated heterocycles. The van der Waals surface area contributed by atoms with Crippen molar-refractivity contribution < 1.29 is 31.8 Å². The highest BCUT2D eigenvalue weighted by Gasteiger charge is 2.39. The second kappa shape index (κ2) is 11.5. The zero-order valence-electron chi connectivity index (χ0n) is 20.6. The third-order valence-electron chi connectivity index (χ3n) is 4.83. The fourth-order valence-corrected chi connectivity index (χ4v) is 3.39. The summed E-state index contributed by atoms with van der Waals surface area (Å²) in [6.07, 6.45) is 3.01. The summed E-state index contributed by atoms with van der Waals surface area (Å²) in [5.41, 5.74) is -2.57. The minimum absolute atomic E-state index is 0.0128. The van der Waals surface area contributed by atoms with Gasteiger partial charge in [-0.25, -0.2) is 0 Å². The summed E-state index contributed by atoms with van der Waals surface area (Å²) >= 11 is 0. The molecule has 0 amide bonds. The summed E-state index contributed by atoms with van der Waals surface area (Å²) < 4.78 is 39.2. The van der Waals surface area contributed by atoms with Crippen molar-refractivity contribution in [2.45, 2.75) is 96.1 Å². The lowest BCUT2D eigenvalue weighted by molar-refractivity contribution is -0.137. The summed E-state index contributed by atoms with van der Waals surface area (Å²) in [6.45, 7) is -1.23. The van der Waals surface area contributed by atoms with Crippen molar-refractivity contribution in [2.24, 2.45) is 11.8 Å². The van der Waals surface area contributed by atoms with E-state index in [1.165, 1.54) is 6.08 Å². The van der Waals surface area contributed by atoms with Crippen molar-refractivity contribution in [3.8, 4) is 0 Å². The van der Waals surface area contributed by atoms with Crippen molar-refractivity contribution in [3.63, 3.8) is 0 Å². The molecule has 1 fully saturated rings. The molecule has 3 N–H and O–H groups in total. The van der Waals surface area contributed by atoms with Crippen LogP contribution in [0.4, 0.5) is 0 Å². The number of unbranched alkanes of at least 4 members (excludes halogenated alkanes) is 3. The maximum Gasteiger partial charge on any atom is 0.303 e. The Morgan fingerprint density at radius 3 is 2.73 bits per heavy atom. The number of hydrogen-bond donors (Lipinski definition) is 3. The summed E-state index contributed by atoms with van der Waals surface area (Å²) in [5, 5.41) is 29.7. The first-order chi connectivity index (χ1) is 14.3. The van der Waals surface area contributed by atoms with Gasteiger partial charge in [-0.1, -0.05) is 51.2 Å². The molecule has 1 saturated carbocycles. The molecule has 0 radical (unpaired) electrons. The first kappa shape index (κ1) is 15.8. The van der Waals surface area contributed by atoms with Crippen LogP contribution in [0.3, 0.4) is 0 Å². The van der Waals surface area contributed by atoms with Gasteiger partial charge in [0.15, 0.2) is 0 Å². The van der Waals surface area contributed by atoms with E-state index in [4.69, 9.17) is 12.0 Å². The molecule has 0 aromatic rings. The Morgan fingerprint density at radius 2 is 2.08 bits per heavy atom. The molecule has 1 rings (SSSR count). The largest absolute Gasteiger partial charge is 0.481 e. The predicted octanol–water partition coefficient (Wildman–Crippen LogP) is 3.87. The van der Waals surface area contributed by atoms with Crippen LogP contribution >= 0.6 is 0 Å². The van der Waals surface area contributed by atoms with Gasteiger partial charge in [0.2, 0.25) is 0 Å². The molecule has 1 aliphatic rings. The first-order valence-corrected chi connectivity index (χ1v) is 9.58. The number of carbonyl (C=O) groups is 2. The average molecular weight is 374 g/mol. The SMILES string of the molecule is [2H]C([2H])([2H])C(O)(C/C=C/[C@H]1[C@H](O)CC(=O)[C@@H]1CCCCCCC(=O)O)C([2H])([2H])CCC. The number of ketones is 1. The standard InChI is InChI=1S/C21H36O5/c1-3-4-13-21(2,26)14-9-11-17-16(18(22)15-19(17)23)10-7-5-6-8-12-20(24)25/h9,11,16-17,19,23,26H,3-8,10,12-15H2,1-2H3,(H,24,25)/b11-9+/t16-,17-,19-,21?/m1/s1/i2D3,13D2. The van der Waals surface area contributed by atoms with E-state index in [0.29, 0.717) is 25.7 Å². The number of carboxylic acids is 1. The zero-order chi connectivity index (χ0) is 23.9. The van der Waals surface area contributed by atoms with Gasteiger partial charge < -0.3 is 15.3 Å². The lowest BCUT2D eigenvalue weighted by Gasteiger charge is -2.22. The van der Waals surface area contributed by atoms with Crippen LogP contribution in [0.1, 0.15) is 91.2 Å². The molecule has 1 unspecified atom stereocenters. The van der Waals surface area contributed by atoms with Crippen LogP contribution in [0.2, 0.25) is 0 Å². The van der Waals surface area contributed by atoms with Gasteiger partial charge in [0.05, 0.1) is 11.7 Å². The average Bonchev–Trinajstić information content (AvgIpc) is 2.89. The summed E-state index contributed by atoms with van der Waals surface area (Å²) in [6, 6.07) is 0. The highest BCUT2D eigenvalue weighted by molar-refractivity contribution is 5.84. The first-order valence-electron chi connectivity index (χ1n) is 12.1. The van der Waals surface area contributed by atoms with Crippen LogP contribution in [0.15, 0.2) is 12.2 Å². The smallest absolute Gasteiger partial charge is 0.303 e. The number of aliphatic hydroxyl groups excluding tert-OH is 1. The molecular formula is C21H36O5. The van der Waals surface area contributed by atoms with Gasteiger partial charge in [-0.3, -0.25) is 9.59 Å². The molecule has 0 bridgehead atoms. The molecule has 0 aliphatic heterocycles. The Morgan fingerprint density at radius 1 is 1.35 bits per heavy atom. The predicted molar refractivity (Wildman–Crippen MR) is 102 cm³/mol. The van der Waals surface area contributed by atoms with Crippen LogP contribution in [-0.4, -0.2) is 38.8 Å². The minimum atomic E-state index is -2.94. The van der Waals surface area contributed by atoms with E-state index in [-0.39, 0.29) is 25.0 Å². The van der Waals surface area contributed by atoms with Crippen molar-refractivity contribution >= 4 is 11.8 Å². The van der Waals surface area contributed by atoms with Gasteiger partial charge in [-0.15, -0.1) is 0 Å². The van der Waals surface area contributed by atoms with Gasteiger partial charge in [0.25, 0.3) is 0 Å². The Bertz CT molecular complexity index is 634. The number of aliphatic carboxylic acids is 1. The van der Waals surface area contributed by atoms with Gasteiger partial charge in [-0.2, -0.15) is 0 Å². The van der Waals surface area contributed by atoms with Crippen molar-refractivity contribution in [3.05, 3.63) is 12.2 Å². The second-order valence-corrected chi connectivity index (χ2v) is 7.19. The number of rotatable bonds is 13. The third-order valence-corrected chi connectivity index (χ3v) is 4.83. The number of Topliss-reactive ketones (excluding diaryl/α,β-unsaturated/α-hetero) is 1. The second-order valence-electron chi connectivity index (χ2n) is 7.19. The quantitative estimate of drug-likeness (QED) is 0.336. The van der Waals surface area contributed by atoms with Crippen molar-refractivity contribution in [1.29, 1.82) is 0 Å². The van der Waals surface area contributed by atoms with Crippen LogP contribution < -0.4 is 0 Å². The monoisotopic (exact) mass is 373 g/mol. The number of hydrogen-bond acceptors (Lipinski definition) is 4. The lowest BCUT2D eigenvalue weighted by atomic mass is 9.87. The van der Waals surface area contributed by atoms with Crippen LogP contribution in [0.25, 0.3) is 0 Å². The van der Waals surface area contributed by atoms with E-state index in [1.54, 1.807) is 13.0 Å². The lowest BCUT2D eigenvalue weighted by Crippen LogP contribution is -2.23. The van der Waals surface area contributed by atoms with Crippen molar-refractivity contribution in [2.75, 3.05) is 0 Å². The molecular weight excluding hydrogens is 332 g/mol. The minimum Gasteiger partial charge on any atom is -0.481 e. The van der Waals surface area contributed by atoms with E-state index in [9.17, 15) is 19.8 Å². The maximum absolute atomic E-state index is 12.3. The van der Waals surface area contributed by atoms with Gasteiger partial charge in [0.1, 0.15) is 5.78 Å². The van der Waals surface area contributed by atoms with Crippen LogP contribution in [-0.2, 0) is 9.59 Å². The Kier molecular flexibility index (Phi) is 7.00. The molecule has 0 heterocycles. The topological polar surface area (TPSA) is 94.8 Å². The molecule has 0 spiro atoms. The highest BCUT2D eigenvalue weighted by Crippen LogP contribution is 2.34. The fraction of sp³-hybridized carbons (Fsp3) is 0.810. The number of carboxylic acid groups (broad SMARTS) is 1. The van der Waals surface area contributed by atoms with Gasteiger partial charge in [0, 0.05) is 31.5 Å². The van der Waals surface area contributed by atoms with Gasteiger partial charge >= 0.3 is 5.97 Å². The molecule has 26 heavy (non-hydrogen) atoms. The molecule has 150 valence electrons. The molecule has 5 nitrogen and oxygen atoms in total. The highest BCUT2D eigenvalue weighted by atomic mass is 16.4. The number of carbonyl (C=O) groups excluding carboxylic acids is 1. The summed E-state index contributed by atoms with van der Waals surface area (Å²) in [4.78, 5) is 22.8. The molecule has 0 aromatic carbocycles. The third kappa shape index (κ3) is 8.45. The normalized spacial score (nSPS) is 29.6. The van der Waals surface area contributed by atoms with E-state index in [2.05, 4.69) is 0 Å². The Labute approximate surface area is 164 Å². The maximum atomic E-state index is 12.3. The molecule has 5 heteroatoms. The molecule has 4 atom stereocenters. The Balaban J connectivity index is 2.79. The van der Waals surface area contributed by atoms with Crippen molar-refractivity contribution in [1.82, 2.24) is 0 Å². The molecule has 0 aromatic heterocycles. The van der Waals surface area contributed by atoms with Gasteiger partial charge in [-0.05, 0) is 32.5 Å². The zero-order valence-corrected chi connectivity index (χ0v) is 15.6. The van der Waals surface area contributed by atoms with E-state index < -0.39 is 49.2 Å². The summed E-state index contributed by atoms with van der Waals surface area (Å²) in [5.74, 6) is -1.83. The van der Waals surface area contributed by atoms with E-state index in [0.717, 1.165) is 12.8 Å². The van der Waals surface area contributed by atoms with E-state index >= 15 is 0 Å². The molecule has 1 aliphatic carbocycles. The number of aliphatic hydroxyl groups is 2. The fourth-order valence-electron chi connectivity index (χ4n) is 3.39. The van der Waals surface area contributed by atoms with E-state index in [1.807, 2.05) is 0 Å². The van der Waals surface area contributed by atoms with Crippen LogP contribution in [0.5, 0.6) is 0 Å².